The van der Waals surface area contributed by atoms with Gasteiger partial charge in [-0.1, -0.05) is 0 Å². The minimum atomic E-state index is -0.549. The predicted molar refractivity (Wildman–Crippen MR) is 75.1 cm³/mol. The van der Waals surface area contributed by atoms with Crippen LogP contribution in [0.25, 0.3) is 0 Å². The van der Waals surface area contributed by atoms with Gasteiger partial charge in [0.1, 0.15) is 12.1 Å². The lowest BCUT2D eigenvalue weighted by molar-refractivity contribution is -0.146. The normalized spacial score (nSPS) is 12.3. The standard InChI is InChI=1S/C7H13NO3.C6H13NO2/c1-4-11-7(10)5(2)8-6(3)9;1-4-9-6(8)5(2)7-3/h5H,4H2,1-3H3,(H,8,9);5,7H,4H2,1-3H3. The first-order valence-electron chi connectivity index (χ1n) is 6.57. The number of carbonyl (C=O) groups is 3. The SMILES string of the molecule is CCOC(=O)C(C)NC.CCOC(=O)C(C)NC(C)=O. The van der Waals surface area contributed by atoms with Gasteiger partial charge in [0, 0.05) is 6.92 Å². The molecule has 118 valence electrons. The number of esters is 2. The zero-order valence-electron chi connectivity index (χ0n) is 13.1. The Labute approximate surface area is 120 Å². The fourth-order valence-corrected chi connectivity index (χ4v) is 1.02. The minimum Gasteiger partial charge on any atom is -0.465 e. The minimum absolute atomic E-state index is 0.190. The summed E-state index contributed by atoms with van der Waals surface area (Å²) in [7, 11) is 1.72. The van der Waals surface area contributed by atoms with Crippen molar-refractivity contribution in [2.45, 2.75) is 46.7 Å². The number of carbonyl (C=O) groups excluding carboxylic acids is 3. The molecule has 0 heterocycles. The van der Waals surface area contributed by atoms with Gasteiger partial charge in [0.15, 0.2) is 0 Å². The molecule has 2 unspecified atom stereocenters. The molecule has 20 heavy (non-hydrogen) atoms. The van der Waals surface area contributed by atoms with Gasteiger partial charge in [-0.2, -0.15) is 0 Å². The summed E-state index contributed by atoms with van der Waals surface area (Å²) >= 11 is 0. The second-order valence-electron chi connectivity index (χ2n) is 3.94. The number of hydrogen-bond donors (Lipinski definition) is 2. The second kappa shape index (κ2) is 12.4. The van der Waals surface area contributed by atoms with Crippen LogP contribution in [-0.4, -0.2) is 50.2 Å². The van der Waals surface area contributed by atoms with E-state index in [9.17, 15) is 14.4 Å². The zero-order chi connectivity index (χ0) is 16.1. The van der Waals surface area contributed by atoms with E-state index in [4.69, 9.17) is 4.74 Å². The Morgan fingerprint density at radius 3 is 1.65 bits per heavy atom. The molecule has 0 aliphatic heterocycles. The summed E-state index contributed by atoms with van der Waals surface area (Å²) in [6, 6.07) is -0.739. The van der Waals surface area contributed by atoms with Gasteiger partial charge in [-0.05, 0) is 34.7 Å². The van der Waals surface area contributed by atoms with Crippen molar-refractivity contribution in [2.24, 2.45) is 0 Å². The third-order valence-corrected chi connectivity index (χ3v) is 2.13. The molecule has 0 rings (SSSR count). The lowest BCUT2D eigenvalue weighted by atomic mass is 10.3. The first-order valence-corrected chi connectivity index (χ1v) is 6.57. The number of amides is 1. The highest BCUT2D eigenvalue weighted by Crippen LogP contribution is 1.87. The molecule has 1 amide bonds. The van der Waals surface area contributed by atoms with E-state index in [-0.39, 0.29) is 17.9 Å². The molecule has 0 bridgehead atoms. The van der Waals surface area contributed by atoms with Gasteiger partial charge in [0.2, 0.25) is 5.91 Å². The third kappa shape index (κ3) is 11.5. The molecule has 0 radical (unpaired) electrons. The zero-order valence-corrected chi connectivity index (χ0v) is 13.1. The lowest BCUT2D eigenvalue weighted by Crippen LogP contribution is -2.38. The monoisotopic (exact) mass is 290 g/mol. The van der Waals surface area contributed by atoms with Crippen molar-refractivity contribution in [3.05, 3.63) is 0 Å². The molecule has 0 aromatic carbocycles. The van der Waals surface area contributed by atoms with Gasteiger partial charge in [-0.25, -0.2) is 4.79 Å². The Hall–Kier alpha value is -1.63. The van der Waals surface area contributed by atoms with E-state index >= 15 is 0 Å². The molecule has 2 atom stereocenters. The average Bonchev–Trinajstić information content (AvgIpc) is 2.38. The van der Waals surface area contributed by atoms with E-state index in [1.54, 1.807) is 34.7 Å². The maximum absolute atomic E-state index is 10.8. The molecular formula is C13H26N2O5. The van der Waals surface area contributed by atoms with E-state index in [2.05, 4.69) is 15.4 Å². The summed E-state index contributed by atoms with van der Waals surface area (Å²) in [5.41, 5.74) is 0. The Morgan fingerprint density at radius 2 is 1.35 bits per heavy atom. The van der Waals surface area contributed by atoms with E-state index in [1.807, 2.05) is 0 Å². The molecule has 0 saturated carbocycles. The fourth-order valence-electron chi connectivity index (χ4n) is 1.02. The number of hydrogen-bond acceptors (Lipinski definition) is 6. The van der Waals surface area contributed by atoms with Crippen molar-refractivity contribution in [1.29, 1.82) is 0 Å². The molecule has 0 aromatic heterocycles. The second-order valence-corrected chi connectivity index (χ2v) is 3.94. The molecule has 0 fully saturated rings. The van der Waals surface area contributed by atoms with Crippen LogP contribution < -0.4 is 10.6 Å². The number of nitrogens with one attached hydrogen (secondary N) is 2. The van der Waals surface area contributed by atoms with Crippen molar-refractivity contribution in [2.75, 3.05) is 20.3 Å². The summed E-state index contributed by atoms with van der Waals surface area (Å²) in [4.78, 5) is 32.0. The molecule has 7 nitrogen and oxygen atoms in total. The Kier molecular flexibility index (Phi) is 12.8. The Bertz CT molecular complexity index is 307. The van der Waals surface area contributed by atoms with Crippen molar-refractivity contribution < 1.29 is 23.9 Å². The highest BCUT2D eigenvalue weighted by molar-refractivity contribution is 5.82. The van der Waals surface area contributed by atoms with Crippen LogP contribution in [-0.2, 0) is 23.9 Å². The van der Waals surface area contributed by atoms with Gasteiger partial charge in [-0.3, -0.25) is 9.59 Å². The van der Waals surface area contributed by atoms with Crippen LogP contribution in [0.5, 0.6) is 0 Å². The summed E-state index contributed by atoms with van der Waals surface area (Å²) in [6.45, 7) is 9.00. The Balaban J connectivity index is 0. The predicted octanol–water partition coefficient (Wildman–Crippen LogP) is 0.232. The first kappa shape index (κ1) is 20.7. The van der Waals surface area contributed by atoms with Gasteiger partial charge >= 0.3 is 11.9 Å². The van der Waals surface area contributed by atoms with Gasteiger partial charge in [0.25, 0.3) is 0 Å². The maximum Gasteiger partial charge on any atom is 0.328 e. The first-order chi connectivity index (χ1) is 9.29. The van der Waals surface area contributed by atoms with Crippen molar-refractivity contribution in [3.8, 4) is 0 Å². The van der Waals surface area contributed by atoms with Crippen molar-refractivity contribution in [3.63, 3.8) is 0 Å². The smallest absolute Gasteiger partial charge is 0.328 e. The van der Waals surface area contributed by atoms with Crippen LogP contribution in [0.1, 0.15) is 34.6 Å². The molecule has 0 spiro atoms. The summed E-state index contributed by atoms with van der Waals surface area (Å²) in [5.74, 6) is -0.826. The Morgan fingerprint density at radius 1 is 0.950 bits per heavy atom. The van der Waals surface area contributed by atoms with Gasteiger partial charge < -0.3 is 20.1 Å². The molecule has 2 N–H and O–H groups in total. The topological polar surface area (TPSA) is 93.7 Å². The average molecular weight is 290 g/mol. The highest BCUT2D eigenvalue weighted by Gasteiger charge is 2.13. The van der Waals surface area contributed by atoms with Crippen LogP contribution in [0.15, 0.2) is 0 Å². The van der Waals surface area contributed by atoms with Crippen LogP contribution in [0.2, 0.25) is 0 Å². The van der Waals surface area contributed by atoms with E-state index in [0.717, 1.165) is 0 Å². The van der Waals surface area contributed by atoms with Crippen molar-refractivity contribution in [1.82, 2.24) is 10.6 Å². The van der Waals surface area contributed by atoms with Crippen LogP contribution in [0, 0.1) is 0 Å². The molecule has 0 aliphatic carbocycles. The number of likely N-dealkylation sites (N-methyl/N-ethyl adjacent to an activating group) is 1. The summed E-state index contributed by atoms with van der Waals surface area (Å²) in [5, 5.41) is 5.19. The molecule has 0 aliphatic rings. The lowest BCUT2D eigenvalue weighted by Gasteiger charge is -2.09. The van der Waals surface area contributed by atoms with E-state index in [1.165, 1.54) is 6.92 Å². The van der Waals surface area contributed by atoms with Gasteiger partial charge in [0.05, 0.1) is 13.2 Å². The quantitative estimate of drug-likeness (QED) is 0.680. The van der Waals surface area contributed by atoms with Crippen LogP contribution >= 0.6 is 0 Å². The van der Waals surface area contributed by atoms with Gasteiger partial charge in [-0.15, -0.1) is 0 Å². The van der Waals surface area contributed by atoms with E-state index < -0.39 is 12.0 Å². The maximum atomic E-state index is 10.8. The molecule has 0 aromatic rings. The number of rotatable bonds is 6. The summed E-state index contributed by atoms with van der Waals surface area (Å²) in [6.07, 6.45) is 0. The van der Waals surface area contributed by atoms with Crippen LogP contribution in [0.4, 0.5) is 0 Å². The van der Waals surface area contributed by atoms with E-state index in [0.29, 0.717) is 13.2 Å². The number of ether oxygens (including phenoxy) is 2. The summed E-state index contributed by atoms with van der Waals surface area (Å²) < 4.78 is 9.34. The largest absolute Gasteiger partial charge is 0.465 e. The van der Waals surface area contributed by atoms with Crippen LogP contribution in [0.3, 0.4) is 0 Å². The molecule has 7 heteroatoms. The molecular weight excluding hydrogens is 264 g/mol. The highest BCUT2D eigenvalue weighted by atomic mass is 16.5. The van der Waals surface area contributed by atoms with Crippen molar-refractivity contribution >= 4 is 17.8 Å². The third-order valence-electron chi connectivity index (χ3n) is 2.13. The fraction of sp³-hybridized carbons (Fsp3) is 0.769. The molecule has 0 saturated heterocycles.